The van der Waals surface area contributed by atoms with E-state index in [-0.39, 0.29) is 23.2 Å². The number of hydrogen-bond acceptors (Lipinski definition) is 4. The average Bonchev–Trinajstić information content (AvgIpc) is 2.48. The summed E-state index contributed by atoms with van der Waals surface area (Å²) < 4.78 is 19.5. The van der Waals surface area contributed by atoms with Crippen molar-refractivity contribution in [2.45, 2.75) is 13.0 Å². The summed E-state index contributed by atoms with van der Waals surface area (Å²) in [6, 6.07) is 10.2. The Balaban J connectivity index is 2.39. The van der Waals surface area contributed by atoms with Crippen molar-refractivity contribution < 1.29 is 14.1 Å². The van der Waals surface area contributed by atoms with E-state index in [1.807, 2.05) is 6.92 Å². The van der Waals surface area contributed by atoms with E-state index in [0.29, 0.717) is 5.56 Å². The van der Waals surface area contributed by atoms with Gasteiger partial charge in [0.25, 0.3) is 5.69 Å². The largest absolute Gasteiger partial charge is 0.454 e. The van der Waals surface area contributed by atoms with Crippen LogP contribution < -0.4 is 10.1 Å². The molecule has 0 bridgehead atoms. The lowest BCUT2D eigenvalue weighted by Crippen LogP contribution is -2.13. The molecule has 1 N–H and O–H groups in total. The summed E-state index contributed by atoms with van der Waals surface area (Å²) >= 11 is 0. The third kappa shape index (κ3) is 3.35. The van der Waals surface area contributed by atoms with Crippen molar-refractivity contribution in [3.8, 4) is 11.5 Å². The number of hydrogen-bond donors (Lipinski definition) is 1. The Kier molecular flexibility index (Phi) is 4.49. The Hall–Kier alpha value is -2.47. The molecule has 2 aromatic rings. The van der Waals surface area contributed by atoms with Crippen LogP contribution in [0.25, 0.3) is 0 Å². The van der Waals surface area contributed by atoms with Gasteiger partial charge in [0.15, 0.2) is 11.6 Å². The summed E-state index contributed by atoms with van der Waals surface area (Å²) in [5.41, 5.74) is 0.538. The first-order chi connectivity index (χ1) is 10.0. The Labute approximate surface area is 121 Å². The third-order valence-electron chi connectivity index (χ3n) is 3.15. The number of nitro groups is 1. The summed E-state index contributed by atoms with van der Waals surface area (Å²) in [4.78, 5) is 10.2. The predicted octanol–water partition coefficient (Wildman–Crippen LogP) is 3.81. The zero-order chi connectivity index (χ0) is 15.4. The van der Waals surface area contributed by atoms with E-state index in [2.05, 4.69) is 5.32 Å². The molecule has 0 saturated carbocycles. The molecule has 110 valence electrons. The number of nitro benzene ring substituents is 1. The van der Waals surface area contributed by atoms with E-state index >= 15 is 0 Å². The molecule has 0 amide bonds. The second-order valence-corrected chi connectivity index (χ2v) is 4.53. The van der Waals surface area contributed by atoms with E-state index in [0.717, 1.165) is 0 Å². The van der Waals surface area contributed by atoms with Crippen LogP contribution in [0.4, 0.5) is 10.1 Å². The average molecular weight is 290 g/mol. The van der Waals surface area contributed by atoms with E-state index in [1.165, 1.54) is 24.3 Å². The molecule has 2 aromatic carbocycles. The van der Waals surface area contributed by atoms with E-state index < -0.39 is 10.7 Å². The minimum Gasteiger partial charge on any atom is -0.454 e. The molecule has 6 heteroatoms. The topological polar surface area (TPSA) is 64.4 Å². The SMILES string of the molecule is CNC(C)c1cccc(F)c1Oc1cccc([N+](=O)[O-])c1. The van der Waals surface area contributed by atoms with E-state index in [1.54, 1.807) is 25.2 Å². The number of non-ortho nitro benzene ring substituents is 1. The highest BCUT2D eigenvalue weighted by atomic mass is 19.1. The first-order valence-corrected chi connectivity index (χ1v) is 6.41. The predicted molar refractivity (Wildman–Crippen MR) is 77.0 cm³/mol. The van der Waals surface area contributed by atoms with Gasteiger partial charge in [-0.25, -0.2) is 4.39 Å². The van der Waals surface area contributed by atoms with Gasteiger partial charge in [0.05, 0.1) is 11.0 Å². The third-order valence-corrected chi connectivity index (χ3v) is 3.15. The van der Waals surface area contributed by atoms with Crippen LogP contribution in [0.1, 0.15) is 18.5 Å². The van der Waals surface area contributed by atoms with Crippen molar-refractivity contribution in [1.29, 1.82) is 0 Å². The molecule has 0 spiro atoms. The first-order valence-electron chi connectivity index (χ1n) is 6.41. The molecule has 0 fully saturated rings. The maximum Gasteiger partial charge on any atom is 0.273 e. The second kappa shape index (κ2) is 6.32. The summed E-state index contributed by atoms with van der Waals surface area (Å²) in [5, 5.41) is 13.8. The number of nitrogens with zero attached hydrogens (tertiary/aromatic N) is 1. The lowest BCUT2D eigenvalue weighted by atomic mass is 10.1. The standard InChI is InChI=1S/C15H15FN2O3/c1-10(17-2)13-7-4-8-14(16)15(13)21-12-6-3-5-11(9-12)18(19)20/h3-10,17H,1-2H3. The quantitative estimate of drug-likeness (QED) is 0.672. The van der Waals surface area contributed by atoms with Crippen LogP contribution in [0, 0.1) is 15.9 Å². The highest BCUT2D eigenvalue weighted by Gasteiger charge is 2.16. The smallest absolute Gasteiger partial charge is 0.273 e. The number of benzene rings is 2. The Bertz CT molecular complexity index is 661. The van der Waals surface area contributed by atoms with Gasteiger partial charge in [-0.1, -0.05) is 18.2 Å². The van der Waals surface area contributed by atoms with Crippen LogP contribution in [-0.2, 0) is 0 Å². The summed E-state index contributed by atoms with van der Waals surface area (Å²) in [6.45, 7) is 1.87. The summed E-state index contributed by atoms with van der Waals surface area (Å²) in [7, 11) is 1.76. The zero-order valence-electron chi connectivity index (χ0n) is 11.7. The maximum absolute atomic E-state index is 14.0. The van der Waals surface area contributed by atoms with Gasteiger partial charge >= 0.3 is 0 Å². The van der Waals surface area contributed by atoms with Gasteiger partial charge in [0.2, 0.25) is 0 Å². The molecular formula is C15H15FN2O3. The molecule has 0 heterocycles. The molecule has 0 radical (unpaired) electrons. The fourth-order valence-corrected chi connectivity index (χ4v) is 1.91. The Morgan fingerprint density at radius 2 is 2.00 bits per heavy atom. The van der Waals surface area contributed by atoms with Gasteiger partial charge in [-0.2, -0.15) is 0 Å². The molecule has 0 aliphatic carbocycles. The molecule has 1 unspecified atom stereocenters. The highest BCUT2D eigenvalue weighted by Crippen LogP contribution is 2.33. The van der Waals surface area contributed by atoms with E-state index in [4.69, 9.17) is 4.74 Å². The van der Waals surface area contributed by atoms with Crippen LogP contribution in [0.2, 0.25) is 0 Å². The van der Waals surface area contributed by atoms with Crippen LogP contribution in [-0.4, -0.2) is 12.0 Å². The molecule has 5 nitrogen and oxygen atoms in total. The van der Waals surface area contributed by atoms with Gasteiger partial charge in [-0.15, -0.1) is 0 Å². The van der Waals surface area contributed by atoms with Crippen LogP contribution >= 0.6 is 0 Å². The van der Waals surface area contributed by atoms with Crippen molar-refractivity contribution in [3.63, 3.8) is 0 Å². The first kappa shape index (κ1) is 14.9. The minimum absolute atomic E-state index is 0.0693. The summed E-state index contributed by atoms with van der Waals surface area (Å²) in [5.74, 6) is -0.222. The number of nitrogens with one attached hydrogen (secondary N) is 1. The van der Waals surface area contributed by atoms with Crippen molar-refractivity contribution in [2.75, 3.05) is 7.05 Å². The molecule has 0 saturated heterocycles. The van der Waals surface area contributed by atoms with Gasteiger partial charge < -0.3 is 10.1 Å². The number of ether oxygens (including phenoxy) is 1. The van der Waals surface area contributed by atoms with Crippen molar-refractivity contribution >= 4 is 5.69 Å². The maximum atomic E-state index is 14.0. The fourth-order valence-electron chi connectivity index (χ4n) is 1.91. The molecule has 0 aromatic heterocycles. The molecule has 21 heavy (non-hydrogen) atoms. The number of para-hydroxylation sites is 1. The van der Waals surface area contributed by atoms with Crippen LogP contribution in [0.15, 0.2) is 42.5 Å². The van der Waals surface area contributed by atoms with E-state index in [9.17, 15) is 14.5 Å². The van der Waals surface area contributed by atoms with Gasteiger partial charge in [-0.05, 0) is 26.1 Å². The Morgan fingerprint density at radius 3 is 2.67 bits per heavy atom. The van der Waals surface area contributed by atoms with Crippen molar-refractivity contribution in [2.24, 2.45) is 0 Å². The molecule has 0 aliphatic rings. The number of rotatable bonds is 5. The minimum atomic E-state index is -0.522. The lowest BCUT2D eigenvalue weighted by molar-refractivity contribution is -0.384. The van der Waals surface area contributed by atoms with Gasteiger partial charge in [-0.3, -0.25) is 10.1 Å². The van der Waals surface area contributed by atoms with Crippen LogP contribution in [0.3, 0.4) is 0 Å². The number of halogens is 1. The van der Waals surface area contributed by atoms with Gasteiger partial charge in [0, 0.05) is 17.7 Å². The molecule has 1 atom stereocenters. The molecular weight excluding hydrogens is 275 g/mol. The van der Waals surface area contributed by atoms with Crippen LogP contribution in [0.5, 0.6) is 11.5 Å². The zero-order valence-corrected chi connectivity index (χ0v) is 11.7. The highest BCUT2D eigenvalue weighted by molar-refractivity contribution is 5.44. The summed E-state index contributed by atoms with van der Waals surface area (Å²) in [6.07, 6.45) is 0. The van der Waals surface area contributed by atoms with Crippen molar-refractivity contribution in [1.82, 2.24) is 5.32 Å². The van der Waals surface area contributed by atoms with Gasteiger partial charge in [0.1, 0.15) is 5.75 Å². The lowest BCUT2D eigenvalue weighted by Gasteiger charge is -2.16. The molecule has 2 rings (SSSR count). The normalized spacial score (nSPS) is 12.0. The second-order valence-electron chi connectivity index (χ2n) is 4.53. The van der Waals surface area contributed by atoms with Crippen molar-refractivity contribution in [3.05, 3.63) is 64.0 Å². The Morgan fingerprint density at radius 1 is 1.29 bits per heavy atom. The monoisotopic (exact) mass is 290 g/mol. The fraction of sp³-hybridized carbons (Fsp3) is 0.200. The molecule has 0 aliphatic heterocycles.